The third kappa shape index (κ3) is 2.41. The molecule has 0 fully saturated rings. The average Bonchev–Trinajstić information content (AvgIpc) is 2.71. The van der Waals surface area contributed by atoms with Gasteiger partial charge in [0.15, 0.2) is 6.21 Å². The maximum Gasteiger partial charge on any atom is 0.216 e. The topological polar surface area (TPSA) is 26.1 Å². The summed E-state index contributed by atoms with van der Waals surface area (Å²) in [4.78, 5) is 0.870. The Hall–Kier alpha value is -1.68. The van der Waals surface area contributed by atoms with Gasteiger partial charge < -0.3 is 5.21 Å². The van der Waals surface area contributed by atoms with E-state index < -0.39 is 0 Å². The normalized spacial score (nSPS) is 11.7. The lowest BCUT2D eigenvalue weighted by Gasteiger charge is -2.01. The van der Waals surface area contributed by atoms with Gasteiger partial charge in [0.05, 0.1) is 4.88 Å². The van der Waals surface area contributed by atoms with Gasteiger partial charge in [0, 0.05) is 12.1 Å². The molecule has 1 heterocycles. The Bertz CT molecular complexity index is 462. The molecule has 0 atom stereocenters. The van der Waals surface area contributed by atoms with Crippen molar-refractivity contribution in [2.24, 2.45) is 0 Å². The van der Waals surface area contributed by atoms with Gasteiger partial charge in [0.1, 0.15) is 5.82 Å². The van der Waals surface area contributed by atoms with E-state index in [2.05, 4.69) is 0 Å². The molecule has 0 bridgehead atoms. The Kier molecular flexibility index (Phi) is 2.78. The fourth-order valence-corrected chi connectivity index (χ4v) is 1.77. The molecule has 0 amide bonds. The van der Waals surface area contributed by atoms with Gasteiger partial charge >= 0.3 is 0 Å². The Morgan fingerprint density at radius 3 is 2.53 bits per heavy atom. The van der Waals surface area contributed by atoms with Gasteiger partial charge in [-0.25, -0.2) is 4.39 Å². The number of hydrogen-bond donors (Lipinski definition) is 0. The van der Waals surface area contributed by atoms with E-state index in [9.17, 15) is 9.60 Å². The summed E-state index contributed by atoms with van der Waals surface area (Å²) < 4.78 is 13.3. The highest BCUT2D eigenvalue weighted by Gasteiger charge is 2.02. The van der Waals surface area contributed by atoms with Crippen LogP contribution >= 0.6 is 11.3 Å². The molecule has 2 rings (SSSR count). The number of rotatable bonds is 2. The lowest BCUT2D eigenvalue weighted by atomic mass is 10.3. The molecule has 4 heteroatoms. The van der Waals surface area contributed by atoms with E-state index in [-0.39, 0.29) is 5.82 Å². The number of benzene rings is 1. The first-order valence-electron chi connectivity index (χ1n) is 4.36. The maximum absolute atomic E-state index is 12.6. The van der Waals surface area contributed by atoms with Crippen LogP contribution in [0.2, 0.25) is 0 Å². The van der Waals surface area contributed by atoms with Crippen LogP contribution in [0.3, 0.4) is 0 Å². The minimum atomic E-state index is -0.344. The predicted octanol–water partition coefficient (Wildman–Crippen LogP) is 3.15. The standard InChI is InChI=1S/C11H8FNOS/c12-9-3-5-10(6-4-9)13(14)8-11-2-1-7-15-11/h1-8H/b13-8-. The zero-order valence-corrected chi connectivity index (χ0v) is 8.58. The van der Waals surface area contributed by atoms with Gasteiger partial charge in [-0.15, -0.1) is 11.3 Å². The van der Waals surface area contributed by atoms with Crippen molar-refractivity contribution in [3.63, 3.8) is 0 Å². The van der Waals surface area contributed by atoms with Gasteiger partial charge in [-0.1, -0.05) is 6.07 Å². The Labute approximate surface area is 90.5 Å². The van der Waals surface area contributed by atoms with Crippen LogP contribution in [0, 0.1) is 11.0 Å². The second kappa shape index (κ2) is 4.23. The van der Waals surface area contributed by atoms with Crippen LogP contribution in [0.15, 0.2) is 41.8 Å². The molecule has 2 aromatic rings. The van der Waals surface area contributed by atoms with E-state index in [1.54, 1.807) is 0 Å². The summed E-state index contributed by atoms with van der Waals surface area (Å²) >= 11 is 1.48. The highest BCUT2D eigenvalue weighted by Crippen LogP contribution is 2.12. The van der Waals surface area contributed by atoms with Crippen LogP contribution in [0.4, 0.5) is 10.1 Å². The van der Waals surface area contributed by atoms with E-state index in [0.717, 1.165) is 9.62 Å². The average molecular weight is 221 g/mol. The third-order valence-corrected chi connectivity index (χ3v) is 2.68. The second-order valence-electron chi connectivity index (χ2n) is 2.95. The highest BCUT2D eigenvalue weighted by atomic mass is 32.1. The van der Waals surface area contributed by atoms with Gasteiger partial charge in [-0.3, -0.25) is 0 Å². The lowest BCUT2D eigenvalue weighted by Crippen LogP contribution is -1.96. The van der Waals surface area contributed by atoms with E-state index in [0.29, 0.717) is 5.69 Å². The van der Waals surface area contributed by atoms with Crippen LogP contribution in [0.25, 0.3) is 0 Å². The summed E-state index contributed by atoms with van der Waals surface area (Å²) in [5.41, 5.74) is 0.421. The predicted molar refractivity (Wildman–Crippen MR) is 59.2 cm³/mol. The quantitative estimate of drug-likeness (QED) is 0.331. The van der Waals surface area contributed by atoms with Gasteiger partial charge in [0.25, 0.3) is 0 Å². The van der Waals surface area contributed by atoms with Crippen LogP contribution in [0.5, 0.6) is 0 Å². The van der Waals surface area contributed by atoms with Crippen LogP contribution < -0.4 is 0 Å². The fourth-order valence-electron chi connectivity index (χ4n) is 1.14. The molecule has 0 unspecified atom stereocenters. The molecule has 15 heavy (non-hydrogen) atoms. The smallest absolute Gasteiger partial charge is 0.216 e. The van der Waals surface area contributed by atoms with Crippen molar-refractivity contribution in [1.29, 1.82) is 0 Å². The SMILES string of the molecule is [O-]/[N+](=C\c1cccs1)c1ccc(F)cc1. The third-order valence-electron chi connectivity index (χ3n) is 1.87. The van der Waals surface area contributed by atoms with Crippen molar-refractivity contribution in [2.45, 2.75) is 0 Å². The minimum absolute atomic E-state index is 0.344. The summed E-state index contributed by atoms with van der Waals surface area (Å²) in [6.45, 7) is 0. The molecule has 0 N–H and O–H groups in total. The van der Waals surface area contributed by atoms with Gasteiger partial charge in [-0.05, 0) is 23.6 Å². The molecule has 0 aliphatic heterocycles. The zero-order chi connectivity index (χ0) is 10.7. The molecule has 0 aliphatic rings. The first-order chi connectivity index (χ1) is 7.25. The molecule has 76 valence electrons. The molecular weight excluding hydrogens is 213 g/mol. The van der Waals surface area contributed by atoms with Crippen molar-refractivity contribution in [1.82, 2.24) is 0 Å². The van der Waals surface area contributed by atoms with Gasteiger partial charge in [0.2, 0.25) is 5.69 Å². The van der Waals surface area contributed by atoms with Crippen LogP contribution in [-0.4, -0.2) is 11.0 Å². The number of thiophene rings is 1. The summed E-state index contributed by atoms with van der Waals surface area (Å²) in [6.07, 6.45) is 1.47. The molecule has 0 radical (unpaired) electrons. The monoisotopic (exact) mass is 221 g/mol. The molecule has 0 aliphatic carbocycles. The fraction of sp³-hybridized carbons (Fsp3) is 0. The Morgan fingerprint density at radius 2 is 1.93 bits per heavy atom. The van der Waals surface area contributed by atoms with E-state index in [4.69, 9.17) is 0 Å². The number of nitrogens with zero attached hydrogens (tertiary/aromatic N) is 1. The van der Waals surface area contributed by atoms with Crippen molar-refractivity contribution in [2.75, 3.05) is 0 Å². The molecule has 0 saturated heterocycles. The number of halogens is 1. The van der Waals surface area contributed by atoms with Crippen LogP contribution in [0.1, 0.15) is 4.88 Å². The van der Waals surface area contributed by atoms with E-state index in [1.165, 1.54) is 41.8 Å². The van der Waals surface area contributed by atoms with Crippen LogP contribution in [-0.2, 0) is 0 Å². The van der Waals surface area contributed by atoms with E-state index in [1.807, 2.05) is 17.5 Å². The molecule has 2 nitrogen and oxygen atoms in total. The van der Waals surface area contributed by atoms with Crippen molar-refractivity contribution < 1.29 is 9.13 Å². The van der Waals surface area contributed by atoms with Crippen molar-refractivity contribution in [3.05, 3.63) is 57.7 Å². The minimum Gasteiger partial charge on any atom is -0.618 e. The molecular formula is C11H8FNOS. The first kappa shape index (κ1) is 9.86. The first-order valence-corrected chi connectivity index (χ1v) is 5.24. The van der Waals surface area contributed by atoms with Crippen molar-refractivity contribution in [3.8, 4) is 0 Å². The largest absolute Gasteiger partial charge is 0.618 e. The molecule has 1 aromatic heterocycles. The molecule has 0 spiro atoms. The second-order valence-corrected chi connectivity index (χ2v) is 3.93. The summed E-state index contributed by atoms with van der Waals surface area (Å²) in [5, 5.41) is 13.5. The summed E-state index contributed by atoms with van der Waals surface area (Å²) in [5.74, 6) is -0.344. The van der Waals surface area contributed by atoms with Crippen molar-refractivity contribution >= 4 is 23.2 Å². The Morgan fingerprint density at radius 1 is 1.20 bits per heavy atom. The molecule has 0 saturated carbocycles. The lowest BCUT2D eigenvalue weighted by molar-refractivity contribution is -0.354. The number of hydrogen-bond acceptors (Lipinski definition) is 2. The summed E-state index contributed by atoms with van der Waals surface area (Å²) in [6, 6.07) is 9.15. The summed E-state index contributed by atoms with van der Waals surface area (Å²) in [7, 11) is 0. The molecule has 1 aromatic carbocycles. The van der Waals surface area contributed by atoms with Gasteiger partial charge in [-0.2, -0.15) is 4.74 Å². The zero-order valence-electron chi connectivity index (χ0n) is 7.76. The Balaban J connectivity index is 2.28. The maximum atomic E-state index is 12.6. The van der Waals surface area contributed by atoms with E-state index >= 15 is 0 Å². The highest BCUT2D eigenvalue weighted by molar-refractivity contribution is 7.11.